The number of unbranched alkanes of at least 4 members (excludes halogenated alkanes) is 2. The van der Waals surface area contributed by atoms with Crippen molar-refractivity contribution in [1.82, 2.24) is 0 Å². The van der Waals surface area contributed by atoms with E-state index in [2.05, 4.69) is 13.0 Å². The predicted octanol–water partition coefficient (Wildman–Crippen LogP) is 2.73. The molecule has 0 aromatic heterocycles. The molecule has 0 heterocycles. The lowest BCUT2D eigenvalue weighted by Crippen LogP contribution is -1.88. The first-order chi connectivity index (χ1) is 4.31. The summed E-state index contributed by atoms with van der Waals surface area (Å²) in [5.41, 5.74) is 0. The molecule has 0 aliphatic carbocycles. The highest BCUT2D eigenvalue weighted by Crippen LogP contribution is 2.06. The lowest BCUT2D eigenvalue weighted by Gasteiger charge is -1.98. The van der Waals surface area contributed by atoms with Gasteiger partial charge in [-0.25, -0.2) is 0 Å². The molecular weight excluding hydrogens is 110 g/mol. The van der Waals surface area contributed by atoms with E-state index in [-0.39, 0.29) is 5.92 Å². The molecule has 0 radical (unpaired) electrons. The Kier molecular flexibility index (Phi) is 5.30. The molecule has 0 fully saturated rings. The first-order valence-corrected chi connectivity index (χ1v) is 3.70. The van der Waals surface area contributed by atoms with Crippen molar-refractivity contribution in [2.75, 3.05) is 0 Å². The molecule has 0 unspecified atom stereocenters. The second-order valence-corrected chi connectivity index (χ2v) is 2.53. The zero-order chi connectivity index (χ0) is 7.11. The van der Waals surface area contributed by atoms with E-state index in [1.165, 1.54) is 19.3 Å². The van der Waals surface area contributed by atoms with E-state index >= 15 is 0 Å². The smallest absolute Gasteiger partial charge is 0.0652 e. The van der Waals surface area contributed by atoms with E-state index in [0.29, 0.717) is 0 Å². The molecule has 0 bridgehead atoms. The topological polar surface area (TPSA) is 23.8 Å². The van der Waals surface area contributed by atoms with Gasteiger partial charge in [0.1, 0.15) is 0 Å². The normalized spacial score (nSPS) is 12.6. The maximum atomic E-state index is 8.38. The Morgan fingerprint density at radius 2 is 2.11 bits per heavy atom. The Labute approximate surface area is 57.7 Å². The van der Waals surface area contributed by atoms with Crippen molar-refractivity contribution >= 4 is 0 Å². The fourth-order valence-electron chi connectivity index (χ4n) is 0.765. The molecule has 0 saturated heterocycles. The van der Waals surface area contributed by atoms with Gasteiger partial charge in [-0.3, -0.25) is 0 Å². The average Bonchev–Trinajstić information content (AvgIpc) is 1.89. The molecule has 0 rings (SSSR count). The van der Waals surface area contributed by atoms with E-state index in [1.54, 1.807) is 0 Å². The van der Waals surface area contributed by atoms with Gasteiger partial charge in [0.15, 0.2) is 0 Å². The molecular formula is C8H15N. The summed E-state index contributed by atoms with van der Waals surface area (Å²) in [5.74, 6) is 0.261. The van der Waals surface area contributed by atoms with Gasteiger partial charge in [-0.05, 0) is 13.3 Å². The highest BCUT2D eigenvalue weighted by Gasteiger charge is 1.96. The van der Waals surface area contributed by atoms with E-state index in [9.17, 15) is 0 Å². The number of nitriles is 1. The van der Waals surface area contributed by atoms with Gasteiger partial charge in [-0.1, -0.05) is 26.2 Å². The van der Waals surface area contributed by atoms with Gasteiger partial charge >= 0.3 is 0 Å². The van der Waals surface area contributed by atoms with Gasteiger partial charge in [-0.15, -0.1) is 0 Å². The maximum Gasteiger partial charge on any atom is 0.0652 e. The third kappa shape index (κ3) is 5.36. The van der Waals surface area contributed by atoms with Crippen LogP contribution in [-0.4, -0.2) is 0 Å². The summed E-state index contributed by atoms with van der Waals surface area (Å²) >= 11 is 0. The minimum atomic E-state index is 0.261. The second-order valence-electron chi connectivity index (χ2n) is 2.53. The van der Waals surface area contributed by atoms with Crippen molar-refractivity contribution in [2.24, 2.45) is 5.92 Å². The zero-order valence-corrected chi connectivity index (χ0v) is 6.35. The van der Waals surface area contributed by atoms with E-state index in [1.807, 2.05) is 6.92 Å². The molecule has 0 amide bonds. The molecule has 0 aliphatic heterocycles. The number of hydrogen-bond acceptors (Lipinski definition) is 1. The number of rotatable bonds is 4. The molecule has 0 aromatic carbocycles. The first-order valence-electron chi connectivity index (χ1n) is 3.70. The summed E-state index contributed by atoms with van der Waals surface area (Å²) in [6.45, 7) is 4.16. The molecule has 1 heteroatoms. The van der Waals surface area contributed by atoms with Gasteiger partial charge in [0, 0.05) is 5.92 Å². The van der Waals surface area contributed by atoms with Crippen LogP contribution in [-0.2, 0) is 0 Å². The molecule has 0 aliphatic rings. The van der Waals surface area contributed by atoms with Gasteiger partial charge < -0.3 is 0 Å². The van der Waals surface area contributed by atoms with E-state index in [0.717, 1.165) is 6.42 Å². The van der Waals surface area contributed by atoms with Crippen molar-refractivity contribution in [2.45, 2.75) is 39.5 Å². The second kappa shape index (κ2) is 5.62. The minimum Gasteiger partial charge on any atom is -0.198 e. The van der Waals surface area contributed by atoms with Crippen molar-refractivity contribution in [3.8, 4) is 6.07 Å². The fourth-order valence-corrected chi connectivity index (χ4v) is 0.765. The van der Waals surface area contributed by atoms with Crippen LogP contribution in [0.25, 0.3) is 0 Å². The SMILES string of the molecule is CCCCC[C@@H](C)C#N. The number of hydrogen-bond donors (Lipinski definition) is 0. The van der Waals surface area contributed by atoms with E-state index < -0.39 is 0 Å². The lowest BCUT2D eigenvalue weighted by molar-refractivity contribution is 0.584. The Morgan fingerprint density at radius 3 is 2.56 bits per heavy atom. The van der Waals surface area contributed by atoms with Crippen LogP contribution in [0.5, 0.6) is 0 Å². The Bertz CT molecular complexity index is 91.2. The van der Waals surface area contributed by atoms with Crippen LogP contribution < -0.4 is 0 Å². The third-order valence-electron chi connectivity index (χ3n) is 1.46. The summed E-state index contributed by atoms with van der Waals surface area (Å²) in [4.78, 5) is 0. The van der Waals surface area contributed by atoms with Gasteiger partial charge in [0.05, 0.1) is 6.07 Å². The lowest BCUT2D eigenvalue weighted by atomic mass is 10.1. The van der Waals surface area contributed by atoms with Crippen LogP contribution in [0.2, 0.25) is 0 Å². The fraction of sp³-hybridized carbons (Fsp3) is 0.875. The molecule has 0 N–H and O–H groups in total. The Hall–Kier alpha value is -0.510. The minimum absolute atomic E-state index is 0.261. The van der Waals surface area contributed by atoms with Crippen molar-refractivity contribution < 1.29 is 0 Å². The summed E-state index contributed by atoms with van der Waals surface area (Å²) in [6.07, 6.45) is 4.81. The predicted molar refractivity (Wildman–Crippen MR) is 38.9 cm³/mol. The molecule has 1 atom stereocenters. The third-order valence-corrected chi connectivity index (χ3v) is 1.46. The van der Waals surface area contributed by atoms with Crippen molar-refractivity contribution in [1.29, 1.82) is 5.26 Å². The van der Waals surface area contributed by atoms with Gasteiger partial charge in [-0.2, -0.15) is 5.26 Å². The monoisotopic (exact) mass is 125 g/mol. The average molecular weight is 125 g/mol. The Balaban J connectivity index is 2.99. The van der Waals surface area contributed by atoms with Crippen LogP contribution in [0.1, 0.15) is 39.5 Å². The van der Waals surface area contributed by atoms with Crippen LogP contribution >= 0.6 is 0 Å². The first kappa shape index (κ1) is 8.49. The molecule has 9 heavy (non-hydrogen) atoms. The number of nitrogens with zero attached hydrogens (tertiary/aromatic N) is 1. The molecule has 1 nitrogen and oxygen atoms in total. The van der Waals surface area contributed by atoms with Crippen LogP contribution in [0.4, 0.5) is 0 Å². The van der Waals surface area contributed by atoms with Crippen molar-refractivity contribution in [3.05, 3.63) is 0 Å². The van der Waals surface area contributed by atoms with Crippen LogP contribution in [0.15, 0.2) is 0 Å². The summed E-state index contributed by atoms with van der Waals surface area (Å²) in [6, 6.07) is 2.22. The summed E-state index contributed by atoms with van der Waals surface area (Å²) < 4.78 is 0. The van der Waals surface area contributed by atoms with Crippen molar-refractivity contribution in [3.63, 3.8) is 0 Å². The molecule has 0 aromatic rings. The maximum absolute atomic E-state index is 8.38. The quantitative estimate of drug-likeness (QED) is 0.530. The standard InChI is InChI=1S/C8H15N/c1-3-4-5-6-8(2)7-9/h8H,3-6H2,1-2H3/t8-/m1/s1. The zero-order valence-electron chi connectivity index (χ0n) is 6.35. The van der Waals surface area contributed by atoms with Gasteiger partial charge in [0.25, 0.3) is 0 Å². The molecule has 0 spiro atoms. The highest BCUT2D eigenvalue weighted by molar-refractivity contribution is 4.77. The molecule has 0 saturated carbocycles. The Morgan fingerprint density at radius 1 is 1.44 bits per heavy atom. The van der Waals surface area contributed by atoms with Crippen LogP contribution in [0, 0.1) is 17.2 Å². The summed E-state index contributed by atoms with van der Waals surface area (Å²) in [5, 5.41) is 8.38. The van der Waals surface area contributed by atoms with E-state index in [4.69, 9.17) is 5.26 Å². The highest BCUT2D eigenvalue weighted by atomic mass is 14.2. The van der Waals surface area contributed by atoms with Crippen LogP contribution in [0.3, 0.4) is 0 Å². The molecule has 52 valence electrons. The van der Waals surface area contributed by atoms with Gasteiger partial charge in [0.2, 0.25) is 0 Å². The summed E-state index contributed by atoms with van der Waals surface area (Å²) in [7, 11) is 0. The largest absolute Gasteiger partial charge is 0.198 e.